The molecule has 0 saturated carbocycles. The number of nitrogens with zero attached hydrogens (tertiary/aromatic N) is 1. The fourth-order valence-electron chi connectivity index (χ4n) is 1.91. The van der Waals surface area contributed by atoms with E-state index < -0.39 is 5.97 Å². The predicted molar refractivity (Wildman–Crippen MR) is 75.0 cm³/mol. The minimum absolute atomic E-state index is 0. The number of carbonyl (C=O) groups is 1. The van der Waals surface area contributed by atoms with Crippen LogP contribution in [0.15, 0.2) is 24.3 Å². The van der Waals surface area contributed by atoms with Crippen LogP contribution in [-0.2, 0) is 6.42 Å². The highest BCUT2D eigenvalue weighted by atomic mass is 35.5. The fourth-order valence-corrected chi connectivity index (χ4v) is 1.91. The number of para-hydroxylation sites is 1. The average molecular weight is 283 g/mol. The lowest BCUT2D eigenvalue weighted by Gasteiger charge is -2.08. The summed E-state index contributed by atoms with van der Waals surface area (Å²) in [5.74, 6) is -1.11. The van der Waals surface area contributed by atoms with Gasteiger partial charge in [0.25, 0.3) is 0 Å². The Kier molecular flexibility index (Phi) is 5.09. The summed E-state index contributed by atoms with van der Waals surface area (Å²) in [7, 11) is 0. The summed E-state index contributed by atoms with van der Waals surface area (Å²) in [6.07, 6.45) is 1.42. The highest BCUT2D eigenvalue weighted by molar-refractivity contribution is 5.93. The lowest BCUT2D eigenvalue weighted by Crippen LogP contribution is -2.05. The van der Waals surface area contributed by atoms with Crippen molar-refractivity contribution < 1.29 is 15.0 Å². The number of aromatic carboxylic acids is 1. The summed E-state index contributed by atoms with van der Waals surface area (Å²) >= 11 is 0. The van der Waals surface area contributed by atoms with Crippen LogP contribution in [-0.4, -0.2) is 27.7 Å². The number of benzene rings is 1. The molecule has 2 aromatic rings. The number of halogens is 1. The van der Waals surface area contributed by atoms with E-state index in [0.717, 1.165) is 17.4 Å². The van der Waals surface area contributed by atoms with Crippen LogP contribution >= 0.6 is 12.4 Å². The largest absolute Gasteiger partial charge is 0.506 e. The van der Waals surface area contributed by atoms with Gasteiger partial charge >= 0.3 is 5.97 Å². The minimum atomic E-state index is -1.10. The predicted octanol–water partition coefficient (Wildman–Crippen LogP) is 1.95. The van der Waals surface area contributed by atoms with Crippen molar-refractivity contribution in [2.45, 2.75) is 12.8 Å². The number of aromatic hydroxyl groups is 1. The Balaban J connectivity index is 0.00000180. The molecule has 0 saturated heterocycles. The van der Waals surface area contributed by atoms with Gasteiger partial charge in [0.1, 0.15) is 17.0 Å². The van der Waals surface area contributed by atoms with Gasteiger partial charge in [-0.2, -0.15) is 0 Å². The Morgan fingerprint density at radius 3 is 2.74 bits per heavy atom. The van der Waals surface area contributed by atoms with Gasteiger partial charge < -0.3 is 15.9 Å². The molecule has 1 aromatic heterocycles. The van der Waals surface area contributed by atoms with E-state index in [4.69, 9.17) is 10.8 Å². The normalized spacial score (nSPS) is 10.2. The van der Waals surface area contributed by atoms with E-state index >= 15 is 0 Å². The number of hydrogen-bond donors (Lipinski definition) is 3. The van der Waals surface area contributed by atoms with Gasteiger partial charge in [0.15, 0.2) is 0 Å². The molecule has 102 valence electrons. The van der Waals surface area contributed by atoms with Gasteiger partial charge in [0, 0.05) is 5.39 Å². The quantitative estimate of drug-likeness (QED) is 0.796. The highest BCUT2D eigenvalue weighted by Crippen LogP contribution is 2.26. The van der Waals surface area contributed by atoms with Gasteiger partial charge in [-0.3, -0.25) is 0 Å². The summed E-state index contributed by atoms with van der Waals surface area (Å²) in [5, 5.41) is 19.5. The van der Waals surface area contributed by atoms with Crippen molar-refractivity contribution in [3.05, 3.63) is 35.5 Å². The number of hydrogen-bond acceptors (Lipinski definition) is 4. The van der Waals surface area contributed by atoms with Crippen LogP contribution in [0.3, 0.4) is 0 Å². The smallest absolute Gasteiger partial charge is 0.354 e. The van der Waals surface area contributed by atoms with Gasteiger partial charge in [0.05, 0.1) is 0 Å². The third kappa shape index (κ3) is 3.13. The lowest BCUT2D eigenvalue weighted by atomic mass is 10.0. The van der Waals surface area contributed by atoms with Crippen LogP contribution in [0.4, 0.5) is 0 Å². The molecule has 0 amide bonds. The van der Waals surface area contributed by atoms with E-state index in [1.165, 1.54) is 6.07 Å². The van der Waals surface area contributed by atoms with Crippen molar-refractivity contribution >= 4 is 29.3 Å². The molecule has 0 atom stereocenters. The molecule has 0 bridgehead atoms. The molecule has 0 aliphatic carbocycles. The molecular weight excluding hydrogens is 268 g/mol. The Labute approximate surface area is 116 Å². The number of phenols is 1. The van der Waals surface area contributed by atoms with E-state index in [1.807, 2.05) is 6.07 Å². The molecule has 1 heterocycles. The average Bonchev–Trinajstić information content (AvgIpc) is 2.36. The van der Waals surface area contributed by atoms with Crippen LogP contribution in [0, 0.1) is 0 Å². The first-order valence-electron chi connectivity index (χ1n) is 5.68. The maximum absolute atomic E-state index is 11.0. The first kappa shape index (κ1) is 15.2. The Morgan fingerprint density at radius 2 is 2.11 bits per heavy atom. The number of aryl methyl sites for hydroxylation is 1. The summed E-state index contributed by atoms with van der Waals surface area (Å²) in [6, 6.07) is 6.57. The number of carboxylic acids is 1. The number of rotatable bonds is 4. The second-order valence-corrected chi connectivity index (χ2v) is 4.04. The summed E-state index contributed by atoms with van der Waals surface area (Å²) in [6.45, 7) is 0.533. The monoisotopic (exact) mass is 282 g/mol. The molecule has 0 fully saturated rings. The van der Waals surface area contributed by atoms with E-state index in [1.54, 1.807) is 12.1 Å². The van der Waals surface area contributed by atoms with Crippen molar-refractivity contribution in [2.75, 3.05) is 6.54 Å². The maximum Gasteiger partial charge on any atom is 0.354 e. The Hall–Kier alpha value is -1.85. The zero-order valence-electron chi connectivity index (χ0n) is 10.2. The molecule has 19 heavy (non-hydrogen) atoms. The van der Waals surface area contributed by atoms with E-state index in [-0.39, 0.29) is 23.9 Å². The molecule has 0 spiro atoms. The Morgan fingerprint density at radius 1 is 1.37 bits per heavy atom. The van der Waals surface area contributed by atoms with Gasteiger partial charge in [-0.15, -0.1) is 12.4 Å². The van der Waals surface area contributed by atoms with E-state index in [9.17, 15) is 9.90 Å². The fraction of sp³-hybridized carbons (Fsp3) is 0.231. The molecule has 0 radical (unpaired) electrons. The molecule has 0 unspecified atom stereocenters. The van der Waals surface area contributed by atoms with Gasteiger partial charge in [0.2, 0.25) is 0 Å². The third-order valence-corrected chi connectivity index (χ3v) is 2.77. The molecule has 0 aliphatic rings. The minimum Gasteiger partial charge on any atom is -0.506 e. The third-order valence-electron chi connectivity index (χ3n) is 2.77. The second-order valence-electron chi connectivity index (χ2n) is 4.04. The lowest BCUT2D eigenvalue weighted by molar-refractivity contribution is 0.0691. The molecular formula is C13H15ClN2O3. The number of aromatic nitrogens is 1. The maximum atomic E-state index is 11.0. The first-order chi connectivity index (χ1) is 8.63. The van der Waals surface area contributed by atoms with Crippen molar-refractivity contribution in [1.82, 2.24) is 4.98 Å². The van der Waals surface area contributed by atoms with Crippen molar-refractivity contribution in [3.63, 3.8) is 0 Å². The van der Waals surface area contributed by atoms with Gasteiger partial charge in [-0.25, -0.2) is 9.78 Å². The van der Waals surface area contributed by atoms with Crippen molar-refractivity contribution in [3.8, 4) is 5.75 Å². The summed E-state index contributed by atoms with van der Waals surface area (Å²) < 4.78 is 0. The molecule has 0 aliphatic heterocycles. The molecule has 6 heteroatoms. The van der Waals surface area contributed by atoms with Gasteiger partial charge in [-0.05, 0) is 37.1 Å². The van der Waals surface area contributed by atoms with Crippen LogP contribution in [0.2, 0.25) is 0 Å². The number of pyridine rings is 1. The zero-order valence-corrected chi connectivity index (χ0v) is 11.0. The molecule has 4 N–H and O–H groups in total. The van der Waals surface area contributed by atoms with Crippen LogP contribution in [0.25, 0.3) is 10.9 Å². The SMILES string of the molecule is Cl.NCCCc1cc(C(=O)O)nc2c(O)cccc12. The first-order valence-corrected chi connectivity index (χ1v) is 5.68. The van der Waals surface area contributed by atoms with Crippen molar-refractivity contribution in [1.29, 1.82) is 0 Å². The van der Waals surface area contributed by atoms with E-state index in [2.05, 4.69) is 4.98 Å². The molecule has 1 aromatic carbocycles. The van der Waals surface area contributed by atoms with Crippen LogP contribution < -0.4 is 5.73 Å². The topological polar surface area (TPSA) is 96.4 Å². The second kappa shape index (κ2) is 6.36. The number of phenolic OH excluding ortho intramolecular Hbond substituents is 1. The summed E-state index contributed by atoms with van der Waals surface area (Å²) in [5.41, 5.74) is 6.58. The van der Waals surface area contributed by atoms with Crippen molar-refractivity contribution in [2.24, 2.45) is 5.73 Å². The number of carboxylic acid groups (broad SMARTS) is 1. The zero-order chi connectivity index (χ0) is 13.1. The summed E-state index contributed by atoms with van der Waals surface area (Å²) in [4.78, 5) is 15.0. The van der Waals surface area contributed by atoms with Crippen LogP contribution in [0.5, 0.6) is 5.75 Å². The van der Waals surface area contributed by atoms with Gasteiger partial charge in [-0.1, -0.05) is 12.1 Å². The van der Waals surface area contributed by atoms with E-state index in [0.29, 0.717) is 18.5 Å². The number of nitrogens with two attached hydrogens (primary N) is 1. The standard InChI is InChI=1S/C13H14N2O3.ClH/c14-6-2-3-8-7-10(13(17)18)15-12-9(8)4-1-5-11(12)16;/h1,4-5,7,16H,2-3,6,14H2,(H,17,18);1H. The molecule has 5 nitrogen and oxygen atoms in total. The number of fused-ring (bicyclic) bond motifs is 1. The van der Waals surface area contributed by atoms with Crippen LogP contribution in [0.1, 0.15) is 22.5 Å². The molecule has 2 rings (SSSR count). The highest BCUT2D eigenvalue weighted by Gasteiger charge is 2.12. The Bertz CT molecular complexity index is 602.